The summed E-state index contributed by atoms with van der Waals surface area (Å²) >= 11 is 1.85. The molecule has 92 valence electrons. The molecule has 1 aromatic carbocycles. The molecule has 0 bridgehead atoms. The fraction of sp³-hybridized carbons (Fsp3) is 0.462. The van der Waals surface area contributed by atoms with Crippen LogP contribution in [0.4, 0.5) is 0 Å². The predicted molar refractivity (Wildman–Crippen MR) is 71.2 cm³/mol. The summed E-state index contributed by atoms with van der Waals surface area (Å²) in [6, 6.07) is 8.71. The number of rotatable bonds is 4. The first kappa shape index (κ1) is 12.5. The first-order valence-electron chi connectivity index (χ1n) is 5.91. The van der Waals surface area contributed by atoms with Crippen LogP contribution in [0.2, 0.25) is 0 Å². The van der Waals surface area contributed by atoms with Crippen molar-refractivity contribution in [2.24, 2.45) is 0 Å². The lowest BCUT2D eigenvalue weighted by atomic mass is 10.1. The number of hydrogen-bond acceptors (Lipinski definition) is 3. The highest BCUT2D eigenvalue weighted by atomic mass is 32.2. The molecule has 1 N–H and O–H groups in total. The minimum absolute atomic E-state index is 0.155. The monoisotopic (exact) mass is 250 g/mol. The second-order valence-corrected chi connectivity index (χ2v) is 5.25. The normalized spacial score (nSPS) is 17.9. The van der Waals surface area contributed by atoms with E-state index in [1.807, 2.05) is 25.7 Å². The maximum Gasteiger partial charge on any atom is 0.236 e. The van der Waals surface area contributed by atoms with Crippen LogP contribution in [-0.4, -0.2) is 36.7 Å². The Morgan fingerprint density at radius 3 is 3.06 bits per heavy atom. The molecular formula is C13H18N2OS. The van der Waals surface area contributed by atoms with Crippen LogP contribution in [0.3, 0.4) is 0 Å². The second kappa shape index (κ2) is 5.56. The SMILES string of the molecule is CCN(C)C(=O)CNC1CSc2ccccc21. The van der Waals surface area contributed by atoms with Gasteiger partial charge in [-0.05, 0) is 18.6 Å². The Hall–Kier alpha value is -1.00. The number of likely N-dealkylation sites (N-methyl/N-ethyl adjacent to an activating group) is 1. The van der Waals surface area contributed by atoms with E-state index in [1.54, 1.807) is 4.90 Å². The number of hydrogen-bond donors (Lipinski definition) is 1. The highest BCUT2D eigenvalue weighted by Crippen LogP contribution is 2.37. The van der Waals surface area contributed by atoms with Crippen LogP contribution in [-0.2, 0) is 4.79 Å². The zero-order chi connectivity index (χ0) is 12.3. The van der Waals surface area contributed by atoms with Gasteiger partial charge >= 0.3 is 0 Å². The number of fused-ring (bicyclic) bond motifs is 1. The van der Waals surface area contributed by atoms with Crippen molar-refractivity contribution in [1.29, 1.82) is 0 Å². The van der Waals surface area contributed by atoms with E-state index in [9.17, 15) is 4.79 Å². The van der Waals surface area contributed by atoms with E-state index in [0.29, 0.717) is 12.6 Å². The molecule has 17 heavy (non-hydrogen) atoms. The van der Waals surface area contributed by atoms with E-state index in [0.717, 1.165) is 12.3 Å². The minimum Gasteiger partial charge on any atom is -0.345 e. The Morgan fingerprint density at radius 2 is 2.29 bits per heavy atom. The van der Waals surface area contributed by atoms with Crippen LogP contribution >= 0.6 is 11.8 Å². The molecule has 1 aliphatic heterocycles. The first-order chi connectivity index (χ1) is 8.22. The van der Waals surface area contributed by atoms with Crippen LogP contribution < -0.4 is 5.32 Å². The summed E-state index contributed by atoms with van der Waals surface area (Å²) in [6.45, 7) is 3.17. The van der Waals surface area contributed by atoms with E-state index in [1.165, 1.54) is 10.5 Å². The fourth-order valence-corrected chi connectivity index (χ4v) is 3.05. The molecule has 0 spiro atoms. The van der Waals surface area contributed by atoms with E-state index < -0.39 is 0 Å². The van der Waals surface area contributed by atoms with Crippen molar-refractivity contribution in [3.8, 4) is 0 Å². The molecule has 0 fully saturated rings. The van der Waals surface area contributed by atoms with Gasteiger partial charge in [0, 0.05) is 30.3 Å². The van der Waals surface area contributed by atoms with Gasteiger partial charge in [-0.1, -0.05) is 18.2 Å². The average Bonchev–Trinajstić information content (AvgIpc) is 2.78. The highest BCUT2D eigenvalue weighted by molar-refractivity contribution is 7.99. The Labute approximate surface area is 107 Å². The number of carbonyl (C=O) groups excluding carboxylic acids is 1. The molecule has 1 aromatic rings. The molecule has 0 aromatic heterocycles. The third kappa shape index (κ3) is 2.82. The minimum atomic E-state index is 0.155. The quantitative estimate of drug-likeness (QED) is 0.886. The van der Waals surface area contributed by atoms with Gasteiger partial charge in [0.2, 0.25) is 5.91 Å². The summed E-state index contributed by atoms with van der Waals surface area (Å²) in [7, 11) is 1.83. The molecule has 0 saturated heterocycles. The van der Waals surface area contributed by atoms with Crippen LogP contribution in [0.5, 0.6) is 0 Å². The van der Waals surface area contributed by atoms with Crippen molar-refractivity contribution in [2.75, 3.05) is 25.9 Å². The molecule has 0 saturated carbocycles. The zero-order valence-electron chi connectivity index (χ0n) is 10.3. The number of amides is 1. The maximum atomic E-state index is 11.7. The number of thioether (sulfide) groups is 1. The van der Waals surface area contributed by atoms with Crippen molar-refractivity contribution >= 4 is 17.7 Å². The molecule has 1 heterocycles. The standard InChI is InChI=1S/C13H18N2OS/c1-3-15(2)13(16)8-14-11-9-17-12-7-5-4-6-10(11)12/h4-7,11,14H,3,8-9H2,1-2H3. The Kier molecular flexibility index (Phi) is 4.07. The lowest BCUT2D eigenvalue weighted by molar-refractivity contribution is -0.128. The lowest BCUT2D eigenvalue weighted by Gasteiger charge is -2.17. The average molecular weight is 250 g/mol. The van der Waals surface area contributed by atoms with Gasteiger partial charge in [0.1, 0.15) is 0 Å². The third-order valence-corrected chi connectivity index (χ3v) is 4.28. The predicted octanol–water partition coefficient (Wildman–Crippen LogP) is 1.90. The van der Waals surface area contributed by atoms with E-state index in [4.69, 9.17) is 0 Å². The Morgan fingerprint density at radius 1 is 1.53 bits per heavy atom. The van der Waals surface area contributed by atoms with E-state index in [-0.39, 0.29) is 5.91 Å². The number of benzene rings is 1. The summed E-state index contributed by atoms with van der Waals surface area (Å²) in [5.74, 6) is 1.17. The molecule has 1 amide bonds. The summed E-state index contributed by atoms with van der Waals surface area (Å²) in [5.41, 5.74) is 1.32. The van der Waals surface area contributed by atoms with Crippen molar-refractivity contribution in [3.05, 3.63) is 29.8 Å². The zero-order valence-corrected chi connectivity index (χ0v) is 11.1. The molecule has 0 radical (unpaired) electrons. The van der Waals surface area contributed by atoms with Gasteiger partial charge in [-0.25, -0.2) is 0 Å². The van der Waals surface area contributed by atoms with Gasteiger partial charge in [-0.2, -0.15) is 0 Å². The second-order valence-electron chi connectivity index (χ2n) is 4.19. The van der Waals surface area contributed by atoms with Gasteiger partial charge < -0.3 is 10.2 Å². The molecule has 4 heteroatoms. The summed E-state index contributed by atoms with van der Waals surface area (Å²) < 4.78 is 0. The molecule has 2 rings (SSSR count). The number of carbonyl (C=O) groups is 1. The van der Waals surface area contributed by atoms with Crippen LogP contribution in [0, 0.1) is 0 Å². The first-order valence-corrected chi connectivity index (χ1v) is 6.90. The van der Waals surface area contributed by atoms with Crippen molar-refractivity contribution in [3.63, 3.8) is 0 Å². The van der Waals surface area contributed by atoms with Gasteiger partial charge in [0.15, 0.2) is 0 Å². The number of nitrogens with one attached hydrogen (secondary N) is 1. The molecule has 0 aliphatic carbocycles. The van der Waals surface area contributed by atoms with Gasteiger partial charge in [-0.15, -0.1) is 11.8 Å². The van der Waals surface area contributed by atoms with Crippen molar-refractivity contribution in [2.45, 2.75) is 17.9 Å². The summed E-state index contributed by atoms with van der Waals surface area (Å²) in [5, 5.41) is 3.34. The largest absolute Gasteiger partial charge is 0.345 e. The molecule has 3 nitrogen and oxygen atoms in total. The maximum absolute atomic E-state index is 11.7. The topological polar surface area (TPSA) is 32.3 Å². The number of nitrogens with zero attached hydrogens (tertiary/aromatic N) is 1. The van der Waals surface area contributed by atoms with Crippen molar-refractivity contribution in [1.82, 2.24) is 10.2 Å². The molecular weight excluding hydrogens is 232 g/mol. The van der Waals surface area contributed by atoms with Crippen molar-refractivity contribution < 1.29 is 4.79 Å². The Bertz CT molecular complexity index is 408. The smallest absolute Gasteiger partial charge is 0.236 e. The molecule has 1 unspecified atom stereocenters. The highest BCUT2D eigenvalue weighted by Gasteiger charge is 2.22. The fourth-order valence-electron chi connectivity index (χ4n) is 1.85. The van der Waals surface area contributed by atoms with E-state index in [2.05, 4.69) is 29.6 Å². The summed E-state index contributed by atoms with van der Waals surface area (Å²) in [4.78, 5) is 14.8. The lowest BCUT2D eigenvalue weighted by Crippen LogP contribution is -2.37. The van der Waals surface area contributed by atoms with Gasteiger partial charge in [0.25, 0.3) is 0 Å². The molecule has 1 aliphatic rings. The van der Waals surface area contributed by atoms with Crippen LogP contribution in [0.15, 0.2) is 29.2 Å². The third-order valence-electron chi connectivity index (χ3n) is 3.10. The molecule has 1 atom stereocenters. The van der Waals surface area contributed by atoms with Gasteiger partial charge in [-0.3, -0.25) is 4.79 Å². The van der Waals surface area contributed by atoms with Crippen LogP contribution in [0.25, 0.3) is 0 Å². The summed E-state index contributed by atoms with van der Waals surface area (Å²) in [6.07, 6.45) is 0. The van der Waals surface area contributed by atoms with E-state index >= 15 is 0 Å². The van der Waals surface area contributed by atoms with Crippen LogP contribution in [0.1, 0.15) is 18.5 Å². The van der Waals surface area contributed by atoms with Gasteiger partial charge in [0.05, 0.1) is 6.54 Å². The Balaban J connectivity index is 1.92.